The smallest absolute Gasteiger partial charge is 0.145 e. The predicted molar refractivity (Wildman–Crippen MR) is 115 cm³/mol. The summed E-state index contributed by atoms with van der Waals surface area (Å²) in [5.41, 5.74) is 2.69. The van der Waals surface area contributed by atoms with E-state index in [4.69, 9.17) is 10.00 Å². The zero-order valence-corrected chi connectivity index (χ0v) is 18.4. The summed E-state index contributed by atoms with van der Waals surface area (Å²) in [5, 5.41) is 14.7. The number of nitrogens with zero attached hydrogens (tertiary/aromatic N) is 6. The third-order valence-electron chi connectivity index (χ3n) is 5.46. The number of rotatable bonds is 9. The highest BCUT2D eigenvalue weighted by atomic mass is 28.3. The Hall–Kier alpha value is -2.50. The molecule has 1 aliphatic rings. The van der Waals surface area contributed by atoms with Crippen molar-refractivity contribution < 1.29 is 4.74 Å². The summed E-state index contributed by atoms with van der Waals surface area (Å²) in [6.45, 7) is 8.33. The predicted octanol–water partition coefficient (Wildman–Crippen LogP) is 4.47. The molecule has 1 aliphatic carbocycles. The Morgan fingerprint density at radius 3 is 2.86 bits per heavy atom. The topological polar surface area (TPSA) is 81.5 Å². The number of nitriles is 1. The molecule has 0 unspecified atom stereocenters. The normalized spacial score (nSPS) is 15.5. The summed E-state index contributed by atoms with van der Waals surface area (Å²) in [6, 6.07) is 5.65. The molecule has 4 rings (SSSR count). The van der Waals surface area contributed by atoms with Gasteiger partial charge in [0.15, 0.2) is 0 Å². The van der Waals surface area contributed by atoms with E-state index in [1.165, 1.54) is 12.8 Å². The first-order valence-corrected chi connectivity index (χ1v) is 14.0. The summed E-state index contributed by atoms with van der Waals surface area (Å²) in [6.07, 6.45) is 10.3. The highest BCUT2D eigenvalue weighted by Gasteiger charge is 2.33. The second-order valence-corrected chi connectivity index (χ2v) is 14.7. The molecule has 0 saturated heterocycles. The molecular formula is C21H28N6OSi. The highest BCUT2D eigenvalue weighted by molar-refractivity contribution is 6.76. The fourth-order valence-electron chi connectivity index (χ4n) is 3.57. The van der Waals surface area contributed by atoms with Gasteiger partial charge in [-0.05, 0) is 30.9 Å². The van der Waals surface area contributed by atoms with E-state index in [1.54, 1.807) is 6.33 Å². The molecule has 7 nitrogen and oxygen atoms in total. The third kappa shape index (κ3) is 4.57. The van der Waals surface area contributed by atoms with Crippen molar-refractivity contribution in [2.24, 2.45) is 5.92 Å². The van der Waals surface area contributed by atoms with Gasteiger partial charge >= 0.3 is 0 Å². The van der Waals surface area contributed by atoms with Crippen LogP contribution in [0.2, 0.25) is 25.7 Å². The van der Waals surface area contributed by atoms with Crippen LogP contribution in [0.3, 0.4) is 0 Å². The Bertz CT molecular complexity index is 1020. The summed E-state index contributed by atoms with van der Waals surface area (Å²) < 4.78 is 9.86. The molecule has 1 atom stereocenters. The van der Waals surface area contributed by atoms with E-state index < -0.39 is 8.07 Å². The van der Waals surface area contributed by atoms with Crippen molar-refractivity contribution in [1.29, 1.82) is 5.26 Å². The number of hydrogen-bond acceptors (Lipinski definition) is 5. The summed E-state index contributed by atoms with van der Waals surface area (Å²) in [4.78, 5) is 8.99. The standard InChI is InChI=1S/C21H28N6OSi/c1-29(2,3)11-10-28-15-26-9-7-18-20(23-14-24-21(18)26)17-12-25-27(13-17)19(6-8-22)16-4-5-16/h7,9,12-14,16,19H,4-6,10-11,15H2,1-3H3/t19-/m0/s1. The Balaban J connectivity index is 1.53. The van der Waals surface area contributed by atoms with Gasteiger partial charge in [-0.3, -0.25) is 4.68 Å². The molecule has 0 bridgehead atoms. The van der Waals surface area contributed by atoms with Crippen molar-refractivity contribution in [2.45, 2.75) is 57.7 Å². The van der Waals surface area contributed by atoms with Gasteiger partial charge in [0.05, 0.1) is 30.4 Å². The lowest BCUT2D eigenvalue weighted by Gasteiger charge is -2.15. The van der Waals surface area contributed by atoms with Crippen LogP contribution in [0.4, 0.5) is 0 Å². The van der Waals surface area contributed by atoms with E-state index in [0.29, 0.717) is 19.1 Å². The van der Waals surface area contributed by atoms with Crippen molar-refractivity contribution >= 4 is 19.1 Å². The first-order chi connectivity index (χ1) is 14.0. The molecule has 1 fully saturated rings. The quantitative estimate of drug-likeness (QED) is 0.385. The van der Waals surface area contributed by atoms with Crippen molar-refractivity contribution in [3.63, 3.8) is 0 Å². The van der Waals surface area contributed by atoms with Gasteiger partial charge in [-0.2, -0.15) is 10.4 Å². The average molecular weight is 409 g/mol. The van der Waals surface area contributed by atoms with E-state index in [2.05, 4.69) is 40.8 Å². The van der Waals surface area contributed by atoms with Gasteiger partial charge in [0, 0.05) is 38.0 Å². The highest BCUT2D eigenvalue weighted by Crippen LogP contribution is 2.41. The maximum absolute atomic E-state index is 9.15. The number of hydrogen-bond donors (Lipinski definition) is 0. The zero-order chi connectivity index (χ0) is 20.4. The van der Waals surface area contributed by atoms with Crippen molar-refractivity contribution in [2.75, 3.05) is 6.61 Å². The lowest BCUT2D eigenvalue weighted by atomic mass is 10.1. The van der Waals surface area contributed by atoms with E-state index in [-0.39, 0.29) is 6.04 Å². The van der Waals surface area contributed by atoms with Gasteiger partial charge in [0.25, 0.3) is 0 Å². The SMILES string of the molecule is C[Si](C)(C)CCOCn1ccc2c(-c3cnn([C@@H](CC#N)C4CC4)c3)ncnc21. The van der Waals surface area contributed by atoms with Crippen LogP contribution >= 0.6 is 0 Å². The van der Waals surface area contributed by atoms with Crippen LogP contribution in [0.15, 0.2) is 31.0 Å². The van der Waals surface area contributed by atoms with Crippen LogP contribution in [0.5, 0.6) is 0 Å². The summed E-state index contributed by atoms with van der Waals surface area (Å²) >= 11 is 0. The molecule has 0 aliphatic heterocycles. The van der Waals surface area contributed by atoms with Crippen LogP contribution in [0, 0.1) is 17.2 Å². The zero-order valence-electron chi connectivity index (χ0n) is 17.4. The van der Waals surface area contributed by atoms with Crippen LogP contribution in [0.1, 0.15) is 25.3 Å². The van der Waals surface area contributed by atoms with Gasteiger partial charge in [0.1, 0.15) is 18.7 Å². The summed E-state index contributed by atoms with van der Waals surface area (Å²) in [5.74, 6) is 0.571. The Labute approximate surface area is 172 Å². The lowest BCUT2D eigenvalue weighted by molar-refractivity contribution is 0.0899. The maximum Gasteiger partial charge on any atom is 0.145 e. The molecule has 3 aromatic heterocycles. The number of aromatic nitrogens is 5. The van der Waals surface area contributed by atoms with Gasteiger partial charge < -0.3 is 9.30 Å². The molecule has 29 heavy (non-hydrogen) atoms. The van der Waals surface area contributed by atoms with E-state index in [0.717, 1.165) is 34.9 Å². The van der Waals surface area contributed by atoms with Crippen LogP contribution < -0.4 is 0 Å². The summed E-state index contributed by atoms with van der Waals surface area (Å²) in [7, 11) is -1.09. The molecule has 152 valence electrons. The van der Waals surface area contributed by atoms with Gasteiger partial charge in [-0.1, -0.05) is 19.6 Å². The first-order valence-electron chi connectivity index (χ1n) is 10.3. The monoisotopic (exact) mass is 408 g/mol. The van der Waals surface area contributed by atoms with Gasteiger partial charge in [0.2, 0.25) is 0 Å². The second-order valence-electron chi connectivity index (χ2n) is 9.07. The van der Waals surface area contributed by atoms with Crippen LogP contribution in [-0.2, 0) is 11.5 Å². The molecule has 0 aromatic carbocycles. The number of fused-ring (bicyclic) bond motifs is 1. The fraction of sp³-hybridized carbons (Fsp3) is 0.524. The Morgan fingerprint density at radius 2 is 2.14 bits per heavy atom. The van der Waals surface area contributed by atoms with Crippen LogP contribution in [0.25, 0.3) is 22.3 Å². The molecule has 0 spiro atoms. The van der Waals surface area contributed by atoms with Crippen LogP contribution in [-0.4, -0.2) is 39.0 Å². The van der Waals surface area contributed by atoms with E-state index >= 15 is 0 Å². The Kier molecular flexibility index (Phi) is 5.52. The maximum atomic E-state index is 9.15. The molecule has 3 heterocycles. The minimum absolute atomic E-state index is 0.162. The molecule has 3 aromatic rings. The largest absolute Gasteiger partial charge is 0.361 e. The molecular weight excluding hydrogens is 380 g/mol. The van der Waals surface area contributed by atoms with Crippen molar-refractivity contribution in [3.8, 4) is 17.3 Å². The minimum Gasteiger partial charge on any atom is -0.361 e. The fourth-order valence-corrected chi connectivity index (χ4v) is 4.33. The second kappa shape index (κ2) is 8.09. The molecule has 0 amide bonds. The number of ether oxygens (including phenoxy) is 1. The van der Waals surface area contributed by atoms with E-state index in [1.807, 2.05) is 33.9 Å². The molecule has 0 N–H and O–H groups in total. The van der Waals surface area contributed by atoms with Crippen molar-refractivity contribution in [1.82, 2.24) is 24.3 Å². The van der Waals surface area contributed by atoms with Gasteiger partial charge in [-0.25, -0.2) is 9.97 Å². The van der Waals surface area contributed by atoms with Gasteiger partial charge in [-0.15, -0.1) is 0 Å². The molecule has 8 heteroatoms. The molecule has 1 saturated carbocycles. The van der Waals surface area contributed by atoms with Crippen molar-refractivity contribution in [3.05, 3.63) is 31.0 Å². The molecule has 0 radical (unpaired) electrons. The lowest BCUT2D eigenvalue weighted by Crippen LogP contribution is -2.22. The first kappa shape index (κ1) is 19.8. The minimum atomic E-state index is -1.09. The average Bonchev–Trinajstić information content (AvgIpc) is 3.25. The Morgan fingerprint density at radius 1 is 1.31 bits per heavy atom. The third-order valence-corrected chi connectivity index (χ3v) is 7.17. The van der Waals surface area contributed by atoms with E-state index in [9.17, 15) is 0 Å².